The summed E-state index contributed by atoms with van der Waals surface area (Å²) in [6.45, 7) is 7.90. The first-order valence-electron chi connectivity index (χ1n) is 8.51. The summed E-state index contributed by atoms with van der Waals surface area (Å²) in [5.74, 6) is -0.271. The number of ether oxygens (including phenoxy) is 1. The zero-order chi connectivity index (χ0) is 19.0. The van der Waals surface area contributed by atoms with E-state index in [9.17, 15) is 9.59 Å². The fourth-order valence-electron chi connectivity index (χ4n) is 2.94. The van der Waals surface area contributed by atoms with E-state index in [0.29, 0.717) is 28.1 Å². The third kappa shape index (κ3) is 3.53. The van der Waals surface area contributed by atoms with Gasteiger partial charge in [0, 0.05) is 5.02 Å². The fourth-order valence-corrected chi connectivity index (χ4v) is 4.10. The van der Waals surface area contributed by atoms with Crippen molar-refractivity contribution in [2.75, 3.05) is 6.61 Å². The SMILES string of the molecule is CC1=C(C(=O)OCC(C)C)C(c2ccc(Cl)cc2)N2C(=O)C(C)SC2=N1. The Morgan fingerprint density at radius 3 is 2.62 bits per heavy atom. The van der Waals surface area contributed by atoms with Crippen LogP contribution in [0, 0.1) is 5.92 Å². The molecule has 1 fully saturated rings. The van der Waals surface area contributed by atoms with Crippen LogP contribution in [0.25, 0.3) is 0 Å². The van der Waals surface area contributed by atoms with Crippen molar-refractivity contribution in [3.8, 4) is 0 Å². The van der Waals surface area contributed by atoms with Gasteiger partial charge in [-0.3, -0.25) is 9.69 Å². The van der Waals surface area contributed by atoms with E-state index in [1.165, 1.54) is 11.8 Å². The van der Waals surface area contributed by atoms with Gasteiger partial charge in [0.05, 0.1) is 29.2 Å². The van der Waals surface area contributed by atoms with Gasteiger partial charge in [-0.25, -0.2) is 9.79 Å². The van der Waals surface area contributed by atoms with Gasteiger partial charge in [0.1, 0.15) is 0 Å². The Kier molecular flexibility index (Phi) is 5.44. The summed E-state index contributed by atoms with van der Waals surface area (Å²) in [5.41, 5.74) is 1.79. The molecular formula is C19H21ClN2O3S. The summed E-state index contributed by atoms with van der Waals surface area (Å²) in [4.78, 5) is 31.7. The monoisotopic (exact) mass is 392 g/mol. The number of allylic oxidation sites excluding steroid dienone is 1. The van der Waals surface area contributed by atoms with Gasteiger partial charge in [0.2, 0.25) is 5.91 Å². The first-order chi connectivity index (χ1) is 12.3. The van der Waals surface area contributed by atoms with E-state index in [1.807, 2.05) is 32.9 Å². The van der Waals surface area contributed by atoms with Crippen LogP contribution in [0.1, 0.15) is 39.3 Å². The molecule has 2 unspecified atom stereocenters. The predicted octanol–water partition coefficient (Wildman–Crippen LogP) is 4.19. The molecule has 7 heteroatoms. The molecule has 0 radical (unpaired) electrons. The molecule has 1 aromatic rings. The molecular weight excluding hydrogens is 372 g/mol. The number of halogens is 1. The van der Waals surface area contributed by atoms with Crippen LogP contribution in [0.3, 0.4) is 0 Å². The number of esters is 1. The van der Waals surface area contributed by atoms with Crippen molar-refractivity contribution < 1.29 is 14.3 Å². The molecule has 0 bridgehead atoms. The first-order valence-corrected chi connectivity index (χ1v) is 9.77. The molecule has 5 nitrogen and oxygen atoms in total. The number of nitrogens with zero attached hydrogens (tertiary/aromatic N) is 2. The minimum absolute atomic E-state index is 0.0599. The van der Waals surface area contributed by atoms with Crippen LogP contribution in [0.2, 0.25) is 5.02 Å². The Bertz CT molecular complexity index is 802. The van der Waals surface area contributed by atoms with Crippen molar-refractivity contribution >= 4 is 40.4 Å². The van der Waals surface area contributed by atoms with Crippen molar-refractivity contribution in [2.45, 2.75) is 39.0 Å². The van der Waals surface area contributed by atoms with Crippen molar-refractivity contribution in [1.29, 1.82) is 0 Å². The molecule has 26 heavy (non-hydrogen) atoms. The first kappa shape index (κ1) is 19.0. The fraction of sp³-hybridized carbons (Fsp3) is 0.421. The average Bonchev–Trinajstić information content (AvgIpc) is 2.86. The van der Waals surface area contributed by atoms with Gasteiger partial charge in [0.25, 0.3) is 0 Å². The Labute approximate surface area is 162 Å². The normalized spacial score (nSPS) is 22.6. The number of aliphatic imine (C=N–C) groups is 1. The van der Waals surface area contributed by atoms with Gasteiger partial charge >= 0.3 is 5.97 Å². The third-order valence-electron chi connectivity index (χ3n) is 4.21. The minimum Gasteiger partial charge on any atom is -0.462 e. The molecule has 3 rings (SSSR count). The third-order valence-corrected chi connectivity index (χ3v) is 5.52. The van der Waals surface area contributed by atoms with Crippen LogP contribution < -0.4 is 0 Å². The van der Waals surface area contributed by atoms with E-state index < -0.39 is 12.0 Å². The molecule has 1 saturated heterocycles. The smallest absolute Gasteiger partial charge is 0.338 e. The maximum absolute atomic E-state index is 12.8. The van der Waals surface area contributed by atoms with Crippen molar-refractivity contribution in [3.63, 3.8) is 0 Å². The van der Waals surface area contributed by atoms with E-state index in [-0.39, 0.29) is 17.1 Å². The number of rotatable bonds is 4. The minimum atomic E-state index is -0.552. The number of hydrogen-bond donors (Lipinski definition) is 0. The molecule has 2 aliphatic rings. The van der Waals surface area contributed by atoms with E-state index in [0.717, 1.165) is 5.56 Å². The summed E-state index contributed by atoms with van der Waals surface area (Å²) >= 11 is 7.42. The molecule has 0 spiro atoms. The van der Waals surface area contributed by atoms with E-state index >= 15 is 0 Å². The Morgan fingerprint density at radius 2 is 2.00 bits per heavy atom. The molecule has 0 aliphatic carbocycles. The second-order valence-corrected chi connectivity index (χ2v) is 8.55. The van der Waals surface area contributed by atoms with Gasteiger partial charge in [0.15, 0.2) is 5.17 Å². The van der Waals surface area contributed by atoms with Crippen LogP contribution in [0.4, 0.5) is 0 Å². The van der Waals surface area contributed by atoms with Gasteiger partial charge < -0.3 is 4.74 Å². The number of thioether (sulfide) groups is 1. The highest BCUT2D eigenvalue weighted by molar-refractivity contribution is 8.15. The van der Waals surface area contributed by atoms with Crippen LogP contribution in [-0.4, -0.2) is 33.8 Å². The summed E-state index contributed by atoms with van der Waals surface area (Å²) < 4.78 is 5.46. The number of carbonyl (C=O) groups is 2. The molecule has 1 amide bonds. The highest BCUT2D eigenvalue weighted by Gasteiger charge is 2.46. The quantitative estimate of drug-likeness (QED) is 0.721. The molecule has 0 saturated carbocycles. The molecule has 138 valence electrons. The number of carbonyl (C=O) groups excluding carboxylic acids is 2. The van der Waals surface area contributed by atoms with Crippen molar-refractivity contribution in [1.82, 2.24) is 4.90 Å². The summed E-state index contributed by atoms with van der Waals surface area (Å²) in [5, 5.41) is 0.987. The summed E-state index contributed by atoms with van der Waals surface area (Å²) in [6.07, 6.45) is 0. The highest BCUT2D eigenvalue weighted by Crippen LogP contribution is 2.43. The summed E-state index contributed by atoms with van der Waals surface area (Å²) in [7, 11) is 0. The van der Waals surface area contributed by atoms with Crippen LogP contribution in [-0.2, 0) is 14.3 Å². The Hall–Kier alpha value is -1.79. The molecule has 2 heterocycles. The maximum Gasteiger partial charge on any atom is 0.338 e. The van der Waals surface area contributed by atoms with E-state index in [4.69, 9.17) is 16.3 Å². The lowest BCUT2D eigenvalue weighted by atomic mass is 9.94. The van der Waals surface area contributed by atoms with Crippen LogP contribution in [0.15, 0.2) is 40.5 Å². The van der Waals surface area contributed by atoms with Crippen molar-refractivity contribution in [3.05, 3.63) is 46.1 Å². The zero-order valence-corrected chi connectivity index (χ0v) is 16.7. The number of amides is 1. The molecule has 0 N–H and O–H groups in total. The molecule has 2 atom stereocenters. The number of benzene rings is 1. The molecule has 0 aromatic heterocycles. The lowest BCUT2D eigenvalue weighted by Crippen LogP contribution is -2.40. The Balaban J connectivity index is 2.06. The van der Waals surface area contributed by atoms with E-state index in [1.54, 1.807) is 24.0 Å². The lowest BCUT2D eigenvalue weighted by molar-refractivity contribution is -0.141. The van der Waals surface area contributed by atoms with Crippen LogP contribution >= 0.6 is 23.4 Å². The number of amidine groups is 1. The predicted molar refractivity (Wildman–Crippen MR) is 104 cm³/mol. The topological polar surface area (TPSA) is 59.0 Å². The number of fused-ring (bicyclic) bond motifs is 1. The lowest BCUT2D eigenvalue weighted by Gasteiger charge is -2.33. The average molecular weight is 393 g/mol. The standard InChI is InChI=1S/C19H21ClN2O3S/c1-10(2)9-25-18(24)15-11(3)21-19-22(17(23)12(4)26-19)16(15)13-5-7-14(20)8-6-13/h5-8,10,12,16H,9H2,1-4H3. The van der Waals surface area contributed by atoms with Gasteiger partial charge in [-0.15, -0.1) is 0 Å². The highest BCUT2D eigenvalue weighted by atomic mass is 35.5. The summed E-state index contributed by atoms with van der Waals surface area (Å²) in [6, 6.07) is 6.63. The van der Waals surface area contributed by atoms with Crippen molar-refractivity contribution in [2.24, 2.45) is 10.9 Å². The van der Waals surface area contributed by atoms with Gasteiger partial charge in [-0.05, 0) is 37.5 Å². The van der Waals surface area contributed by atoms with Gasteiger partial charge in [-0.1, -0.05) is 49.3 Å². The number of hydrogen-bond acceptors (Lipinski definition) is 5. The second kappa shape index (κ2) is 7.45. The molecule has 2 aliphatic heterocycles. The maximum atomic E-state index is 12.8. The second-order valence-electron chi connectivity index (χ2n) is 6.81. The zero-order valence-electron chi connectivity index (χ0n) is 15.2. The Morgan fingerprint density at radius 1 is 1.35 bits per heavy atom. The van der Waals surface area contributed by atoms with Crippen LogP contribution in [0.5, 0.6) is 0 Å². The molecule has 1 aromatic carbocycles. The largest absolute Gasteiger partial charge is 0.462 e. The van der Waals surface area contributed by atoms with E-state index in [2.05, 4.69) is 4.99 Å². The van der Waals surface area contributed by atoms with Gasteiger partial charge in [-0.2, -0.15) is 0 Å².